The van der Waals surface area contributed by atoms with Gasteiger partial charge in [-0.3, -0.25) is 4.79 Å². The summed E-state index contributed by atoms with van der Waals surface area (Å²) in [5.74, 6) is 0.430. The average Bonchev–Trinajstić information content (AvgIpc) is 2.80. The van der Waals surface area contributed by atoms with E-state index in [1.807, 2.05) is 25.1 Å². The highest BCUT2D eigenvalue weighted by atomic mass is 16.5. The van der Waals surface area contributed by atoms with Crippen LogP contribution in [0.1, 0.15) is 37.8 Å². The smallest absolute Gasteiger partial charge is 0.249 e. The second-order valence-corrected chi connectivity index (χ2v) is 5.31. The fraction of sp³-hybridized carbons (Fsp3) is 0.533. The summed E-state index contributed by atoms with van der Waals surface area (Å²) < 4.78 is 5.89. The van der Waals surface area contributed by atoms with Crippen molar-refractivity contribution in [2.24, 2.45) is 5.92 Å². The van der Waals surface area contributed by atoms with Gasteiger partial charge in [-0.2, -0.15) is 0 Å². The van der Waals surface area contributed by atoms with Crippen LogP contribution in [0.15, 0.2) is 30.3 Å². The van der Waals surface area contributed by atoms with Gasteiger partial charge in [0.15, 0.2) is 0 Å². The van der Waals surface area contributed by atoms with E-state index in [0.717, 1.165) is 12.8 Å². The fourth-order valence-electron chi connectivity index (χ4n) is 3.20. The molecular formula is C15H19NO2. The minimum atomic E-state index is -0.329. The van der Waals surface area contributed by atoms with Crippen LogP contribution in [0.2, 0.25) is 0 Å². The van der Waals surface area contributed by atoms with Crippen molar-refractivity contribution in [1.29, 1.82) is 0 Å². The molecule has 0 radical (unpaired) electrons. The third-order valence-corrected chi connectivity index (χ3v) is 4.14. The van der Waals surface area contributed by atoms with E-state index >= 15 is 0 Å². The molecule has 18 heavy (non-hydrogen) atoms. The number of rotatable bonds is 1. The van der Waals surface area contributed by atoms with Gasteiger partial charge in [-0.05, 0) is 25.3 Å². The molecule has 0 unspecified atom stereocenters. The van der Waals surface area contributed by atoms with Crippen molar-refractivity contribution in [1.82, 2.24) is 5.32 Å². The summed E-state index contributed by atoms with van der Waals surface area (Å²) in [5.41, 5.74) is 1.19. The summed E-state index contributed by atoms with van der Waals surface area (Å²) >= 11 is 0. The highest BCUT2D eigenvalue weighted by molar-refractivity contribution is 5.81. The summed E-state index contributed by atoms with van der Waals surface area (Å²) in [6.07, 6.45) is 3.31. The van der Waals surface area contributed by atoms with Gasteiger partial charge < -0.3 is 10.1 Å². The van der Waals surface area contributed by atoms with Gasteiger partial charge >= 0.3 is 0 Å². The van der Waals surface area contributed by atoms with Crippen molar-refractivity contribution in [2.75, 3.05) is 0 Å². The van der Waals surface area contributed by atoms with Crippen molar-refractivity contribution in [3.8, 4) is 0 Å². The van der Waals surface area contributed by atoms with Crippen LogP contribution in [-0.4, -0.2) is 18.1 Å². The van der Waals surface area contributed by atoms with Crippen molar-refractivity contribution in [3.63, 3.8) is 0 Å². The molecule has 96 valence electrons. The van der Waals surface area contributed by atoms with Gasteiger partial charge in [0.05, 0.1) is 12.1 Å². The molecule has 1 saturated carbocycles. The van der Waals surface area contributed by atoms with E-state index in [1.54, 1.807) is 0 Å². The zero-order valence-electron chi connectivity index (χ0n) is 10.6. The second kappa shape index (κ2) is 4.73. The van der Waals surface area contributed by atoms with Gasteiger partial charge in [-0.25, -0.2) is 0 Å². The first-order valence-corrected chi connectivity index (χ1v) is 6.76. The number of hydrogen-bond donors (Lipinski definition) is 1. The number of ether oxygens (including phenoxy) is 1. The molecule has 1 saturated heterocycles. The molecule has 2 aliphatic rings. The molecule has 0 spiro atoms. The number of carbonyl (C=O) groups is 1. The predicted molar refractivity (Wildman–Crippen MR) is 69.0 cm³/mol. The molecule has 4 atom stereocenters. The van der Waals surface area contributed by atoms with E-state index < -0.39 is 0 Å². The molecule has 3 nitrogen and oxygen atoms in total. The lowest BCUT2D eigenvalue weighted by atomic mass is 9.90. The number of hydrogen-bond acceptors (Lipinski definition) is 2. The van der Waals surface area contributed by atoms with E-state index in [9.17, 15) is 4.79 Å². The Balaban J connectivity index is 1.93. The molecule has 1 aromatic carbocycles. The van der Waals surface area contributed by atoms with Gasteiger partial charge in [0.1, 0.15) is 6.10 Å². The largest absolute Gasteiger partial charge is 0.365 e. The molecular weight excluding hydrogens is 226 g/mol. The Morgan fingerprint density at radius 2 is 2.00 bits per heavy atom. The van der Waals surface area contributed by atoms with Crippen molar-refractivity contribution >= 4 is 5.91 Å². The third-order valence-electron chi connectivity index (χ3n) is 4.14. The SMILES string of the molecule is C[C@@H]1O[C@@H]2CCC[C@@H]2[C@H](c2ccccc2)NC1=O. The van der Waals surface area contributed by atoms with E-state index in [0.29, 0.717) is 5.92 Å². The molecule has 3 heteroatoms. The quantitative estimate of drug-likeness (QED) is 0.825. The number of fused-ring (bicyclic) bond motifs is 1. The summed E-state index contributed by atoms with van der Waals surface area (Å²) in [6.45, 7) is 1.85. The van der Waals surface area contributed by atoms with Gasteiger partial charge in [0, 0.05) is 5.92 Å². The molecule has 2 fully saturated rings. The predicted octanol–water partition coefficient (Wildman–Crippen LogP) is 2.43. The van der Waals surface area contributed by atoms with Crippen LogP contribution >= 0.6 is 0 Å². The summed E-state index contributed by atoms with van der Waals surface area (Å²) in [7, 11) is 0. The Kier molecular flexibility index (Phi) is 3.08. The standard InChI is InChI=1S/C15H19NO2/c1-10-15(17)16-14(11-6-3-2-4-7-11)12-8-5-9-13(12)18-10/h2-4,6-7,10,12-14H,5,8-9H2,1H3,(H,16,17)/t10-,12-,13+,14-/m0/s1. The van der Waals surface area contributed by atoms with Crippen LogP contribution in [0.25, 0.3) is 0 Å². The zero-order chi connectivity index (χ0) is 12.5. The van der Waals surface area contributed by atoms with E-state index in [-0.39, 0.29) is 24.2 Å². The number of benzene rings is 1. The monoisotopic (exact) mass is 245 g/mol. The maximum absolute atomic E-state index is 12.0. The first kappa shape index (κ1) is 11.7. The Bertz CT molecular complexity index is 431. The maximum atomic E-state index is 12.0. The van der Waals surface area contributed by atoms with E-state index in [2.05, 4.69) is 17.4 Å². The Labute approximate surface area is 108 Å². The fourth-order valence-corrected chi connectivity index (χ4v) is 3.20. The van der Waals surface area contributed by atoms with E-state index in [1.165, 1.54) is 12.0 Å². The minimum Gasteiger partial charge on any atom is -0.365 e. The minimum absolute atomic E-state index is 0.0123. The zero-order valence-corrected chi connectivity index (χ0v) is 10.6. The van der Waals surface area contributed by atoms with Gasteiger partial charge in [-0.15, -0.1) is 0 Å². The van der Waals surface area contributed by atoms with Gasteiger partial charge in [0.2, 0.25) is 5.91 Å². The number of amides is 1. The van der Waals surface area contributed by atoms with Crippen molar-refractivity contribution in [2.45, 2.75) is 44.4 Å². The molecule has 1 heterocycles. The Morgan fingerprint density at radius 1 is 1.22 bits per heavy atom. The van der Waals surface area contributed by atoms with Crippen LogP contribution in [0.3, 0.4) is 0 Å². The first-order valence-electron chi connectivity index (χ1n) is 6.76. The molecule has 1 aliphatic carbocycles. The lowest BCUT2D eigenvalue weighted by molar-refractivity contribution is -0.132. The first-order chi connectivity index (χ1) is 8.75. The highest BCUT2D eigenvalue weighted by Gasteiger charge is 2.40. The van der Waals surface area contributed by atoms with Gasteiger partial charge in [0.25, 0.3) is 0 Å². The van der Waals surface area contributed by atoms with Crippen molar-refractivity contribution < 1.29 is 9.53 Å². The van der Waals surface area contributed by atoms with Crippen LogP contribution in [0, 0.1) is 5.92 Å². The van der Waals surface area contributed by atoms with Gasteiger partial charge in [-0.1, -0.05) is 36.8 Å². The van der Waals surface area contributed by atoms with Crippen LogP contribution in [-0.2, 0) is 9.53 Å². The lowest BCUT2D eigenvalue weighted by Crippen LogP contribution is -2.35. The Hall–Kier alpha value is -1.35. The second-order valence-electron chi connectivity index (χ2n) is 5.31. The molecule has 1 N–H and O–H groups in total. The number of carbonyl (C=O) groups excluding carboxylic acids is 1. The maximum Gasteiger partial charge on any atom is 0.249 e. The lowest BCUT2D eigenvalue weighted by Gasteiger charge is -2.25. The summed E-state index contributed by atoms with van der Waals surface area (Å²) in [5, 5.41) is 3.15. The molecule has 3 rings (SSSR count). The third kappa shape index (κ3) is 2.03. The average molecular weight is 245 g/mol. The van der Waals surface area contributed by atoms with Crippen LogP contribution < -0.4 is 5.32 Å². The van der Waals surface area contributed by atoms with Crippen LogP contribution in [0.5, 0.6) is 0 Å². The normalized spacial score (nSPS) is 35.7. The number of nitrogens with one attached hydrogen (secondary N) is 1. The highest BCUT2D eigenvalue weighted by Crippen LogP contribution is 2.39. The van der Waals surface area contributed by atoms with Crippen LogP contribution in [0.4, 0.5) is 0 Å². The molecule has 1 aliphatic heterocycles. The molecule has 0 aromatic heterocycles. The molecule has 1 aromatic rings. The van der Waals surface area contributed by atoms with E-state index in [4.69, 9.17) is 4.74 Å². The van der Waals surface area contributed by atoms with Crippen molar-refractivity contribution in [3.05, 3.63) is 35.9 Å². The molecule has 0 bridgehead atoms. The molecule has 1 amide bonds. The summed E-state index contributed by atoms with van der Waals surface area (Å²) in [6, 6.07) is 10.4. The Morgan fingerprint density at radius 3 is 2.78 bits per heavy atom. The topological polar surface area (TPSA) is 38.3 Å². The summed E-state index contributed by atoms with van der Waals surface area (Å²) in [4.78, 5) is 12.0.